The second-order valence-corrected chi connectivity index (χ2v) is 7.04. The summed E-state index contributed by atoms with van der Waals surface area (Å²) in [6.45, 7) is 10.2. The van der Waals surface area contributed by atoms with Crippen LogP contribution in [0.5, 0.6) is 5.75 Å². The van der Waals surface area contributed by atoms with Gasteiger partial charge in [0, 0.05) is 38.2 Å². The van der Waals surface area contributed by atoms with Gasteiger partial charge in [-0.05, 0) is 30.2 Å². The molecule has 2 rings (SSSR count). The number of morpholine rings is 1. The first-order chi connectivity index (χ1) is 12.5. The largest absolute Gasteiger partial charge is 0.484 e. The summed E-state index contributed by atoms with van der Waals surface area (Å²) in [5.41, 5.74) is 0.657. The van der Waals surface area contributed by atoms with Crippen LogP contribution < -0.4 is 10.1 Å². The molecule has 0 aromatic heterocycles. The lowest BCUT2D eigenvalue weighted by Gasteiger charge is -2.33. The van der Waals surface area contributed by atoms with Crippen molar-refractivity contribution >= 4 is 11.7 Å². The standard InChI is InChI=1S/C20H30N2O4/c1-4-19(23)16-5-7-17(8-6-16)26-14-20(24)21-11-18-13-22(9-10-25-18)12-15(2)3/h5-8,15,18H,4,9-14H2,1-3H3,(H,21,24)/t18-/m1/s1. The SMILES string of the molecule is CCC(=O)c1ccc(OCC(=O)NC[C@@H]2CN(CC(C)C)CCO2)cc1. The minimum absolute atomic E-state index is 0.0192. The monoisotopic (exact) mass is 362 g/mol. The van der Waals surface area contributed by atoms with E-state index in [1.54, 1.807) is 24.3 Å². The van der Waals surface area contributed by atoms with Crippen LogP contribution in [0.1, 0.15) is 37.6 Å². The quantitative estimate of drug-likeness (QED) is 0.682. The predicted molar refractivity (Wildman–Crippen MR) is 101 cm³/mol. The summed E-state index contributed by atoms with van der Waals surface area (Å²) in [6.07, 6.45) is 0.492. The number of ether oxygens (including phenoxy) is 2. The third kappa shape index (κ3) is 6.77. The molecular weight excluding hydrogens is 332 g/mol. The normalized spacial score (nSPS) is 17.9. The summed E-state index contributed by atoms with van der Waals surface area (Å²) < 4.78 is 11.2. The molecular formula is C20H30N2O4. The van der Waals surface area contributed by atoms with Crippen molar-refractivity contribution in [2.75, 3.05) is 39.4 Å². The lowest BCUT2D eigenvalue weighted by molar-refractivity contribution is -0.124. The lowest BCUT2D eigenvalue weighted by Crippen LogP contribution is -2.48. The molecule has 144 valence electrons. The zero-order valence-corrected chi connectivity index (χ0v) is 16.0. The molecule has 1 atom stereocenters. The number of nitrogens with one attached hydrogen (secondary N) is 1. The van der Waals surface area contributed by atoms with Gasteiger partial charge in [0.15, 0.2) is 12.4 Å². The number of carbonyl (C=O) groups excluding carboxylic acids is 2. The van der Waals surface area contributed by atoms with Gasteiger partial charge in [0.25, 0.3) is 5.91 Å². The second kappa shape index (κ2) is 10.3. The van der Waals surface area contributed by atoms with Gasteiger partial charge in [-0.1, -0.05) is 20.8 Å². The number of Topliss-reactive ketones (excluding diaryl/α,β-unsaturated/α-hetero) is 1. The van der Waals surface area contributed by atoms with E-state index in [4.69, 9.17) is 9.47 Å². The van der Waals surface area contributed by atoms with Gasteiger partial charge in [0.05, 0.1) is 12.7 Å². The van der Waals surface area contributed by atoms with Gasteiger partial charge in [-0.3, -0.25) is 14.5 Å². The highest BCUT2D eigenvalue weighted by Gasteiger charge is 2.21. The van der Waals surface area contributed by atoms with Gasteiger partial charge in [0.1, 0.15) is 5.75 Å². The first-order valence-electron chi connectivity index (χ1n) is 9.34. The zero-order chi connectivity index (χ0) is 18.9. The van der Waals surface area contributed by atoms with Crippen LogP contribution in [0, 0.1) is 5.92 Å². The molecule has 0 radical (unpaired) electrons. The number of benzene rings is 1. The zero-order valence-electron chi connectivity index (χ0n) is 16.0. The summed E-state index contributed by atoms with van der Waals surface area (Å²) in [4.78, 5) is 25.9. The van der Waals surface area contributed by atoms with Gasteiger partial charge in [-0.2, -0.15) is 0 Å². The molecule has 0 bridgehead atoms. The van der Waals surface area contributed by atoms with Crippen LogP contribution in [0.25, 0.3) is 0 Å². The van der Waals surface area contributed by atoms with E-state index >= 15 is 0 Å². The molecule has 0 unspecified atom stereocenters. The number of hydrogen-bond acceptors (Lipinski definition) is 5. The molecule has 0 aliphatic carbocycles. The van der Waals surface area contributed by atoms with Crippen LogP contribution in [0.2, 0.25) is 0 Å². The summed E-state index contributed by atoms with van der Waals surface area (Å²) in [5, 5.41) is 2.87. The van der Waals surface area contributed by atoms with Crippen molar-refractivity contribution in [1.82, 2.24) is 10.2 Å². The highest BCUT2D eigenvalue weighted by Crippen LogP contribution is 2.13. The molecule has 1 aromatic carbocycles. The van der Waals surface area contributed by atoms with E-state index < -0.39 is 0 Å². The Balaban J connectivity index is 1.69. The van der Waals surface area contributed by atoms with Crippen molar-refractivity contribution in [3.63, 3.8) is 0 Å². The van der Waals surface area contributed by atoms with Crippen LogP contribution in [0.15, 0.2) is 24.3 Å². The molecule has 1 N–H and O–H groups in total. The van der Waals surface area contributed by atoms with Crippen LogP contribution in [0.3, 0.4) is 0 Å². The van der Waals surface area contributed by atoms with E-state index in [0.29, 0.717) is 36.8 Å². The fraction of sp³-hybridized carbons (Fsp3) is 0.600. The van der Waals surface area contributed by atoms with Gasteiger partial charge in [-0.15, -0.1) is 0 Å². The van der Waals surface area contributed by atoms with E-state index in [1.807, 2.05) is 6.92 Å². The molecule has 26 heavy (non-hydrogen) atoms. The first kappa shape index (κ1) is 20.4. The van der Waals surface area contributed by atoms with Crippen molar-refractivity contribution in [3.05, 3.63) is 29.8 Å². The maximum absolute atomic E-state index is 12.0. The molecule has 1 amide bonds. The van der Waals surface area contributed by atoms with Crippen LogP contribution >= 0.6 is 0 Å². The number of hydrogen-bond donors (Lipinski definition) is 1. The molecule has 1 heterocycles. The Bertz CT molecular complexity index is 586. The number of rotatable bonds is 9. The Hall–Kier alpha value is -1.92. The summed E-state index contributed by atoms with van der Waals surface area (Å²) in [6, 6.07) is 6.87. The van der Waals surface area contributed by atoms with Gasteiger partial charge < -0.3 is 14.8 Å². The molecule has 0 spiro atoms. The van der Waals surface area contributed by atoms with E-state index in [2.05, 4.69) is 24.1 Å². The maximum atomic E-state index is 12.0. The molecule has 1 aliphatic heterocycles. The molecule has 0 saturated carbocycles. The van der Waals surface area contributed by atoms with E-state index in [0.717, 1.165) is 19.6 Å². The van der Waals surface area contributed by atoms with Crippen molar-refractivity contribution in [1.29, 1.82) is 0 Å². The third-order valence-corrected chi connectivity index (χ3v) is 4.24. The molecule has 1 saturated heterocycles. The van der Waals surface area contributed by atoms with Crippen LogP contribution in [-0.4, -0.2) is 62.1 Å². The van der Waals surface area contributed by atoms with Crippen molar-refractivity contribution < 1.29 is 19.1 Å². The summed E-state index contributed by atoms with van der Waals surface area (Å²) in [5.74, 6) is 1.11. The summed E-state index contributed by atoms with van der Waals surface area (Å²) >= 11 is 0. The Morgan fingerprint density at radius 2 is 2.04 bits per heavy atom. The average molecular weight is 362 g/mol. The van der Waals surface area contributed by atoms with E-state index in [1.165, 1.54) is 0 Å². The van der Waals surface area contributed by atoms with E-state index in [-0.39, 0.29) is 24.4 Å². The van der Waals surface area contributed by atoms with Gasteiger partial charge in [0.2, 0.25) is 0 Å². The summed E-state index contributed by atoms with van der Waals surface area (Å²) in [7, 11) is 0. The molecule has 1 fully saturated rings. The Morgan fingerprint density at radius 1 is 1.31 bits per heavy atom. The minimum Gasteiger partial charge on any atom is -0.484 e. The van der Waals surface area contributed by atoms with Crippen molar-refractivity contribution in [3.8, 4) is 5.75 Å². The van der Waals surface area contributed by atoms with Crippen molar-refractivity contribution in [2.45, 2.75) is 33.3 Å². The first-order valence-corrected chi connectivity index (χ1v) is 9.34. The van der Waals surface area contributed by atoms with Gasteiger partial charge >= 0.3 is 0 Å². The molecule has 6 heteroatoms. The Morgan fingerprint density at radius 3 is 2.69 bits per heavy atom. The third-order valence-electron chi connectivity index (χ3n) is 4.24. The van der Waals surface area contributed by atoms with Gasteiger partial charge in [-0.25, -0.2) is 0 Å². The number of carbonyl (C=O) groups is 2. The predicted octanol–water partition coefficient (Wildman–Crippen LogP) is 2.13. The fourth-order valence-electron chi connectivity index (χ4n) is 2.95. The molecule has 1 aromatic rings. The lowest BCUT2D eigenvalue weighted by atomic mass is 10.1. The van der Waals surface area contributed by atoms with Crippen LogP contribution in [-0.2, 0) is 9.53 Å². The van der Waals surface area contributed by atoms with Crippen LogP contribution in [0.4, 0.5) is 0 Å². The van der Waals surface area contributed by atoms with Crippen molar-refractivity contribution in [2.24, 2.45) is 5.92 Å². The Kier molecular flexibility index (Phi) is 8.06. The molecule has 6 nitrogen and oxygen atoms in total. The smallest absolute Gasteiger partial charge is 0.258 e. The number of amides is 1. The fourth-order valence-corrected chi connectivity index (χ4v) is 2.95. The average Bonchev–Trinajstić information content (AvgIpc) is 2.64. The number of nitrogens with zero attached hydrogens (tertiary/aromatic N) is 1. The minimum atomic E-state index is -0.178. The topological polar surface area (TPSA) is 67.9 Å². The molecule has 1 aliphatic rings. The number of ketones is 1. The highest BCUT2D eigenvalue weighted by molar-refractivity contribution is 5.95. The maximum Gasteiger partial charge on any atom is 0.258 e. The highest BCUT2D eigenvalue weighted by atomic mass is 16.5. The Labute approximate surface area is 155 Å². The van der Waals surface area contributed by atoms with E-state index in [9.17, 15) is 9.59 Å². The second-order valence-electron chi connectivity index (χ2n) is 7.04.